The molecule has 0 bridgehead atoms. The van der Waals surface area contributed by atoms with Crippen molar-refractivity contribution in [2.24, 2.45) is 0 Å². The number of nitrogens with zero attached hydrogens (tertiary/aromatic N) is 1. The molecule has 2 N–H and O–H groups in total. The summed E-state index contributed by atoms with van der Waals surface area (Å²) in [4.78, 5) is 14.4. The molecule has 1 aliphatic heterocycles. The molecule has 0 aliphatic carbocycles. The lowest BCUT2D eigenvalue weighted by Crippen LogP contribution is -2.48. The Morgan fingerprint density at radius 3 is 3.00 bits per heavy atom. The maximum absolute atomic E-state index is 12.5. The van der Waals surface area contributed by atoms with Crippen molar-refractivity contribution >= 4 is 11.6 Å². The Morgan fingerprint density at radius 1 is 1.56 bits per heavy atom. The van der Waals surface area contributed by atoms with E-state index in [9.17, 15) is 4.79 Å². The summed E-state index contributed by atoms with van der Waals surface area (Å²) in [6.45, 7) is 5.90. The van der Waals surface area contributed by atoms with Gasteiger partial charge in [-0.05, 0) is 31.0 Å². The van der Waals surface area contributed by atoms with Gasteiger partial charge in [-0.2, -0.15) is 0 Å². The number of benzene rings is 1. The second-order valence-corrected chi connectivity index (χ2v) is 4.73. The van der Waals surface area contributed by atoms with Crippen molar-refractivity contribution in [3.63, 3.8) is 0 Å². The zero-order valence-electron chi connectivity index (χ0n) is 11.0. The van der Waals surface area contributed by atoms with E-state index < -0.39 is 0 Å². The smallest absolute Gasteiger partial charge is 0.256 e. The second-order valence-electron chi connectivity index (χ2n) is 4.73. The highest BCUT2D eigenvalue weighted by Gasteiger charge is 2.27. The highest BCUT2D eigenvalue weighted by Crippen LogP contribution is 2.20. The molecule has 1 atom stereocenters. The van der Waals surface area contributed by atoms with E-state index in [2.05, 4.69) is 6.92 Å². The third-order valence-electron chi connectivity index (χ3n) is 3.40. The highest BCUT2D eigenvalue weighted by molar-refractivity contribution is 5.99. The summed E-state index contributed by atoms with van der Waals surface area (Å²) in [6, 6.07) is 5.74. The van der Waals surface area contributed by atoms with Crippen LogP contribution in [0.2, 0.25) is 0 Å². The molecule has 2 rings (SSSR count). The van der Waals surface area contributed by atoms with Crippen molar-refractivity contribution in [3.8, 4) is 0 Å². The molecule has 0 aromatic heterocycles. The Balaban J connectivity index is 2.24. The van der Waals surface area contributed by atoms with Crippen molar-refractivity contribution in [3.05, 3.63) is 29.3 Å². The number of amides is 1. The maximum atomic E-state index is 12.5. The fourth-order valence-corrected chi connectivity index (χ4v) is 2.29. The molecular weight excluding hydrogens is 228 g/mol. The van der Waals surface area contributed by atoms with Crippen molar-refractivity contribution < 1.29 is 9.53 Å². The van der Waals surface area contributed by atoms with Crippen molar-refractivity contribution in [1.29, 1.82) is 0 Å². The minimum absolute atomic E-state index is 0.0163. The summed E-state index contributed by atoms with van der Waals surface area (Å²) in [6.07, 6.45) is 0.900. The minimum Gasteiger partial charge on any atom is -0.398 e. The summed E-state index contributed by atoms with van der Waals surface area (Å²) >= 11 is 0. The average molecular weight is 248 g/mol. The van der Waals surface area contributed by atoms with E-state index in [0.717, 1.165) is 12.0 Å². The van der Waals surface area contributed by atoms with Crippen LogP contribution in [0.3, 0.4) is 0 Å². The van der Waals surface area contributed by atoms with Crippen LogP contribution in [0, 0.1) is 6.92 Å². The number of morpholine rings is 1. The van der Waals surface area contributed by atoms with Gasteiger partial charge in [0.05, 0.1) is 24.8 Å². The van der Waals surface area contributed by atoms with E-state index in [4.69, 9.17) is 10.5 Å². The molecule has 98 valence electrons. The highest BCUT2D eigenvalue weighted by atomic mass is 16.5. The molecule has 1 saturated heterocycles. The summed E-state index contributed by atoms with van der Waals surface area (Å²) in [7, 11) is 0. The number of nitrogens with two attached hydrogens (primary N) is 1. The van der Waals surface area contributed by atoms with E-state index in [1.54, 1.807) is 0 Å². The number of nitrogen functional groups attached to an aromatic ring is 1. The fourth-order valence-electron chi connectivity index (χ4n) is 2.29. The van der Waals surface area contributed by atoms with Gasteiger partial charge in [-0.15, -0.1) is 0 Å². The number of rotatable bonds is 2. The first kappa shape index (κ1) is 12.9. The number of hydrogen-bond acceptors (Lipinski definition) is 3. The van der Waals surface area contributed by atoms with Gasteiger partial charge in [-0.1, -0.05) is 13.0 Å². The first-order valence-corrected chi connectivity index (χ1v) is 6.38. The zero-order chi connectivity index (χ0) is 13.1. The molecule has 0 spiro atoms. The molecule has 1 amide bonds. The van der Waals surface area contributed by atoms with Crippen LogP contribution in [0.4, 0.5) is 5.69 Å². The van der Waals surface area contributed by atoms with Crippen LogP contribution in [-0.4, -0.2) is 36.6 Å². The Morgan fingerprint density at radius 2 is 2.33 bits per heavy atom. The predicted molar refractivity (Wildman–Crippen MR) is 71.5 cm³/mol. The molecule has 1 aliphatic rings. The number of ether oxygens (including phenoxy) is 1. The van der Waals surface area contributed by atoms with Gasteiger partial charge in [0.1, 0.15) is 0 Å². The monoisotopic (exact) mass is 248 g/mol. The third-order valence-corrected chi connectivity index (χ3v) is 3.40. The lowest BCUT2D eigenvalue weighted by atomic mass is 10.1. The average Bonchev–Trinajstić information content (AvgIpc) is 2.38. The van der Waals surface area contributed by atoms with Gasteiger partial charge >= 0.3 is 0 Å². The molecule has 1 heterocycles. The minimum atomic E-state index is 0.0163. The van der Waals surface area contributed by atoms with Crippen LogP contribution in [0.25, 0.3) is 0 Å². The standard InChI is InChI=1S/C14H20N2O2/c1-3-11-9-18-7-6-16(11)14(17)12-5-4-10(2)8-13(12)15/h4-5,8,11H,3,6-7,9,15H2,1-2H3. The number of aryl methyl sites for hydroxylation is 1. The van der Waals surface area contributed by atoms with Gasteiger partial charge < -0.3 is 15.4 Å². The number of carbonyl (C=O) groups is 1. The molecule has 4 nitrogen and oxygen atoms in total. The Bertz CT molecular complexity index is 445. The summed E-state index contributed by atoms with van der Waals surface area (Å²) in [5.74, 6) is 0.0163. The van der Waals surface area contributed by atoms with Crippen LogP contribution in [-0.2, 0) is 4.74 Å². The first-order chi connectivity index (χ1) is 8.63. The van der Waals surface area contributed by atoms with E-state index >= 15 is 0 Å². The van der Waals surface area contributed by atoms with E-state index in [1.807, 2.05) is 30.0 Å². The van der Waals surface area contributed by atoms with Gasteiger partial charge in [0.15, 0.2) is 0 Å². The lowest BCUT2D eigenvalue weighted by molar-refractivity contribution is -0.00274. The number of hydrogen-bond donors (Lipinski definition) is 1. The normalized spacial score (nSPS) is 19.9. The van der Waals surface area contributed by atoms with Crippen LogP contribution < -0.4 is 5.73 Å². The molecule has 4 heteroatoms. The van der Waals surface area contributed by atoms with E-state index in [0.29, 0.717) is 31.0 Å². The van der Waals surface area contributed by atoms with Gasteiger partial charge in [-0.25, -0.2) is 0 Å². The molecule has 1 unspecified atom stereocenters. The Labute approximate surface area is 108 Å². The second kappa shape index (κ2) is 5.40. The fraction of sp³-hybridized carbons (Fsp3) is 0.500. The molecule has 18 heavy (non-hydrogen) atoms. The summed E-state index contributed by atoms with van der Waals surface area (Å²) in [5, 5.41) is 0. The predicted octanol–water partition coefficient (Wildman–Crippen LogP) is 1.83. The molecule has 0 radical (unpaired) electrons. The molecular formula is C14H20N2O2. The largest absolute Gasteiger partial charge is 0.398 e. The quantitative estimate of drug-likeness (QED) is 0.812. The van der Waals surface area contributed by atoms with Crippen molar-refractivity contribution in [2.45, 2.75) is 26.3 Å². The number of carbonyl (C=O) groups excluding carboxylic acids is 1. The summed E-state index contributed by atoms with van der Waals surface area (Å²) in [5.41, 5.74) is 8.16. The topological polar surface area (TPSA) is 55.6 Å². The summed E-state index contributed by atoms with van der Waals surface area (Å²) < 4.78 is 5.41. The molecule has 1 aromatic rings. The van der Waals surface area contributed by atoms with Crippen LogP contribution >= 0.6 is 0 Å². The van der Waals surface area contributed by atoms with Crippen molar-refractivity contribution in [2.75, 3.05) is 25.5 Å². The van der Waals surface area contributed by atoms with Crippen LogP contribution in [0.1, 0.15) is 29.3 Å². The van der Waals surface area contributed by atoms with Crippen molar-refractivity contribution in [1.82, 2.24) is 4.90 Å². The molecule has 1 aromatic carbocycles. The lowest BCUT2D eigenvalue weighted by Gasteiger charge is -2.35. The van der Waals surface area contributed by atoms with Gasteiger partial charge in [-0.3, -0.25) is 4.79 Å². The zero-order valence-corrected chi connectivity index (χ0v) is 11.0. The Hall–Kier alpha value is -1.55. The SMILES string of the molecule is CCC1COCCN1C(=O)c1ccc(C)cc1N. The molecule has 1 fully saturated rings. The van der Waals surface area contributed by atoms with E-state index in [-0.39, 0.29) is 11.9 Å². The first-order valence-electron chi connectivity index (χ1n) is 6.38. The van der Waals surface area contributed by atoms with Crippen LogP contribution in [0.15, 0.2) is 18.2 Å². The van der Waals surface area contributed by atoms with E-state index in [1.165, 1.54) is 0 Å². The maximum Gasteiger partial charge on any atom is 0.256 e. The van der Waals surface area contributed by atoms with Gasteiger partial charge in [0.2, 0.25) is 0 Å². The third kappa shape index (κ3) is 2.48. The Kier molecular flexibility index (Phi) is 3.87. The van der Waals surface area contributed by atoms with Gasteiger partial charge in [0.25, 0.3) is 5.91 Å². The molecule has 0 saturated carbocycles. The van der Waals surface area contributed by atoms with Crippen LogP contribution in [0.5, 0.6) is 0 Å². The number of anilines is 1. The van der Waals surface area contributed by atoms with Gasteiger partial charge in [0, 0.05) is 12.2 Å².